The number of nitrogens with two attached hydrogens (primary N) is 1. The first kappa shape index (κ1) is 15.9. The molecule has 1 aromatic rings. The van der Waals surface area contributed by atoms with Gasteiger partial charge >= 0.3 is 0 Å². The van der Waals surface area contributed by atoms with Gasteiger partial charge in [0.2, 0.25) is 20.0 Å². The van der Waals surface area contributed by atoms with Gasteiger partial charge in [-0.2, -0.15) is 0 Å². The molecule has 3 N–H and O–H groups in total. The van der Waals surface area contributed by atoms with Gasteiger partial charge in [0.25, 0.3) is 0 Å². The van der Waals surface area contributed by atoms with Crippen molar-refractivity contribution in [3.8, 4) is 0 Å². The minimum absolute atomic E-state index is 0.375. The average Bonchev–Trinajstić information content (AvgIpc) is 2.17. The summed E-state index contributed by atoms with van der Waals surface area (Å²) in [6.45, 7) is 4.28. The molecule has 0 radical (unpaired) electrons. The van der Waals surface area contributed by atoms with E-state index in [1.165, 1.54) is 20.8 Å². The molecule has 0 atom stereocenters. The minimum Gasteiger partial charge on any atom is -0.280 e. The van der Waals surface area contributed by atoms with E-state index in [1.54, 1.807) is 0 Å². The molecule has 0 bridgehead atoms. The fourth-order valence-corrected chi connectivity index (χ4v) is 2.35. The number of sulfonamides is 2. The smallest absolute Gasteiger partial charge is 0.238 e. The third-order valence-corrected chi connectivity index (χ3v) is 5.33. The normalized spacial score (nSPS) is 13.3. The predicted molar refractivity (Wildman–Crippen MR) is 70.1 cm³/mol. The molecule has 108 valence electrons. The Hall–Kier alpha value is -1.19. The molecule has 0 fully saturated rings. The van der Waals surface area contributed by atoms with E-state index >= 15 is 0 Å². The largest absolute Gasteiger partial charge is 0.280 e. The van der Waals surface area contributed by atoms with E-state index < -0.39 is 36.3 Å². The molecule has 19 heavy (non-hydrogen) atoms. The molecule has 0 heterocycles. The van der Waals surface area contributed by atoms with Gasteiger partial charge in [0, 0.05) is 0 Å². The second-order valence-electron chi connectivity index (χ2n) is 4.90. The van der Waals surface area contributed by atoms with Crippen molar-refractivity contribution in [3.63, 3.8) is 0 Å². The lowest BCUT2D eigenvalue weighted by Crippen LogP contribution is -2.34. The highest BCUT2D eigenvalue weighted by Crippen LogP contribution is 2.24. The van der Waals surface area contributed by atoms with Crippen LogP contribution in [-0.2, 0) is 20.0 Å². The average molecular weight is 310 g/mol. The van der Waals surface area contributed by atoms with Crippen LogP contribution in [0.2, 0.25) is 0 Å². The van der Waals surface area contributed by atoms with Gasteiger partial charge in [-0.15, -0.1) is 0 Å². The summed E-state index contributed by atoms with van der Waals surface area (Å²) in [6.07, 6.45) is 0. The molecule has 0 saturated heterocycles. The van der Waals surface area contributed by atoms with Crippen molar-refractivity contribution in [1.29, 1.82) is 0 Å². The highest BCUT2D eigenvalue weighted by atomic mass is 32.2. The van der Waals surface area contributed by atoms with E-state index in [-0.39, 0.29) is 4.90 Å². The van der Waals surface area contributed by atoms with Crippen LogP contribution in [0.15, 0.2) is 23.1 Å². The van der Waals surface area contributed by atoms with E-state index in [4.69, 9.17) is 5.14 Å². The maximum atomic E-state index is 13.5. The number of hydrogen-bond donors (Lipinski definition) is 2. The summed E-state index contributed by atoms with van der Waals surface area (Å²) in [6, 6.07) is 2.63. The first-order chi connectivity index (χ1) is 8.34. The number of halogens is 1. The van der Waals surface area contributed by atoms with Crippen LogP contribution in [0.25, 0.3) is 0 Å². The molecule has 0 saturated carbocycles. The van der Waals surface area contributed by atoms with E-state index in [0.29, 0.717) is 0 Å². The molecule has 0 aliphatic rings. The standard InChI is InChI=1S/C10H15FN2O4S2/c1-10(2,3)19(16,17)13-9-6-7(18(12,14)15)4-5-8(9)11/h4-6,13H,1-3H3,(H2,12,14,15). The van der Waals surface area contributed by atoms with Crippen LogP contribution in [0.3, 0.4) is 0 Å². The van der Waals surface area contributed by atoms with E-state index in [2.05, 4.69) is 0 Å². The summed E-state index contributed by atoms with van der Waals surface area (Å²) >= 11 is 0. The summed E-state index contributed by atoms with van der Waals surface area (Å²) in [5.74, 6) is -0.889. The quantitative estimate of drug-likeness (QED) is 0.869. The Balaban J connectivity index is 3.31. The zero-order valence-electron chi connectivity index (χ0n) is 10.6. The molecule has 0 aliphatic heterocycles. The van der Waals surface area contributed by atoms with Gasteiger partial charge in [0.15, 0.2) is 0 Å². The Bertz CT molecular complexity index is 691. The SMILES string of the molecule is CC(C)(C)S(=O)(=O)Nc1cc(S(N)(=O)=O)ccc1F. The highest BCUT2D eigenvalue weighted by molar-refractivity contribution is 7.94. The molecule has 0 aliphatic carbocycles. The van der Waals surface area contributed by atoms with Crippen LogP contribution >= 0.6 is 0 Å². The number of nitrogens with one attached hydrogen (secondary N) is 1. The van der Waals surface area contributed by atoms with Gasteiger partial charge in [-0.05, 0) is 39.0 Å². The van der Waals surface area contributed by atoms with Crippen molar-refractivity contribution in [1.82, 2.24) is 0 Å². The van der Waals surface area contributed by atoms with Gasteiger partial charge < -0.3 is 0 Å². The van der Waals surface area contributed by atoms with Crippen LogP contribution in [0, 0.1) is 5.82 Å². The first-order valence-corrected chi connectivity index (χ1v) is 8.22. The third-order valence-electron chi connectivity index (χ3n) is 2.32. The van der Waals surface area contributed by atoms with Crippen LogP contribution in [0.1, 0.15) is 20.8 Å². The summed E-state index contributed by atoms with van der Waals surface area (Å²) in [5, 5.41) is 4.90. The fraction of sp³-hybridized carbons (Fsp3) is 0.400. The summed E-state index contributed by atoms with van der Waals surface area (Å²) in [4.78, 5) is -0.375. The van der Waals surface area contributed by atoms with Crippen LogP contribution in [-0.4, -0.2) is 21.6 Å². The predicted octanol–water partition coefficient (Wildman–Crippen LogP) is 1.01. The molecule has 0 amide bonds. The molecule has 6 nitrogen and oxygen atoms in total. The van der Waals surface area contributed by atoms with Crippen LogP contribution in [0.4, 0.5) is 10.1 Å². The van der Waals surface area contributed by atoms with Crippen molar-refractivity contribution in [2.45, 2.75) is 30.4 Å². The van der Waals surface area contributed by atoms with Crippen molar-refractivity contribution in [3.05, 3.63) is 24.0 Å². The zero-order valence-corrected chi connectivity index (χ0v) is 12.3. The molecule has 0 unspecified atom stereocenters. The Morgan fingerprint density at radius 1 is 1.16 bits per heavy atom. The lowest BCUT2D eigenvalue weighted by molar-refractivity contribution is 0.564. The molecule has 1 rings (SSSR count). The fourth-order valence-electron chi connectivity index (χ4n) is 1.06. The Morgan fingerprint density at radius 3 is 2.11 bits per heavy atom. The first-order valence-electron chi connectivity index (χ1n) is 5.19. The number of rotatable bonds is 3. The minimum atomic E-state index is -4.03. The van der Waals surface area contributed by atoms with Crippen molar-refractivity contribution in [2.24, 2.45) is 5.14 Å². The summed E-state index contributed by atoms with van der Waals surface area (Å²) in [5.41, 5.74) is -0.457. The van der Waals surface area contributed by atoms with Gasteiger partial charge in [-0.1, -0.05) is 0 Å². The number of benzene rings is 1. The zero-order chi connectivity index (χ0) is 15.1. The number of primary sulfonamides is 1. The second kappa shape index (κ2) is 4.73. The third kappa shape index (κ3) is 3.64. The number of anilines is 1. The second-order valence-corrected chi connectivity index (χ2v) is 8.90. The van der Waals surface area contributed by atoms with Crippen LogP contribution < -0.4 is 9.86 Å². The van der Waals surface area contributed by atoms with E-state index in [9.17, 15) is 21.2 Å². The van der Waals surface area contributed by atoms with Crippen molar-refractivity contribution >= 4 is 25.7 Å². The monoisotopic (exact) mass is 310 g/mol. The maximum Gasteiger partial charge on any atom is 0.238 e. The van der Waals surface area contributed by atoms with Crippen molar-refractivity contribution in [2.75, 3.05) is 4.72 Å². The molecule has 0 aromatic heterocycles. The highest BCUT2D eigenvalue weighted by Gasteiger charge is 2.30. The number of hydrogen-bond acceptors (Lipinski definition) is 4. The Labute approximate surface area is 111 Å². The summed E-state index contributed by atoms with van der Waals surface area (Å²) in [7, 11) is -7.90. The summed E-state index contributed by atoms with van der Waals surface area (Å²) < 4.78 is 60.4. The van der Waals surface area contributed by atoms with E-state index in [0.717, 1.165) is 18.2 Å². The molecule has 0 spiro atoms. The lowest BCUT2D eigenvalue weighted by atomic mass is 10.3. The molecular weight excluding hydrogens is 295 g/mol. The maximum absolute atomic E-state index is 13.5. The van der Waals surface area contributed by atoms with Crippen molar-refractivity contribution < 1.29 is 21.2 Å². The topological polar surface area (TPSA) is 106 Å². The molecule has 1 aromatic carbocycles. The van der Waals surface area contributed by atoms with E-state index in [1.807, 2.05) is 4.72 Å². The molecule has 9 heteroatoms. The van der Waals surface area contributed by atoms with Crippen LogP contribution in [0.5, 0.6) is 0 Å². The van der Waals surface area contributed by atoms with Gasteiger partial charge in [-0.3, -0.25) is 4.72 Å². The van der Waals surface area contributed by atoms with Gasteiger partial charge in [-0.25, -0.2) is 26.4 Å². The van der Waals surface area contributed by atoms with Gasteiger partial charge in [0.05, 0.1) is 15.3 Å². The molecular formula is C10H15FN2O4S2. The van der Waals surface area contributed by atoms with Gasteiger partial charge in [0.1, 0.15) is 5.82 Å². The lowest BCUT2D eigenvalue weighted by Gasteiger charge is -2.20. The Morgan fingerprint density at radius 2 is 1.68 bits per heavy atom. The Kier molecular flexibility index (Phi) is 3.95.